The van der Waals surface area contributed by atoms with Gasteiger partial charge in [-0.05, 0) is 33.2 Å². The fourth-order valence-electron chi connectivity index (χ4n) is 2.37. The number of nitrogens with zero attached hydrogens (tertiary/aromatic N) is 1. The third kappa shape index (κ3) is 3.67. The Hall–Kier alpha value is -0.620. The minimum Gasteiger partial charge on any atom is -0.480 e. The minimum absolute atomic E-state index is 0.0505. The molecule has 1 N–H and O–H groups in total. The van der Waals surface area contributed by atoms with Crippen molar-refractivity contribution >= 4 is 15.8 Å². The highest BCUT2D eigenvalue weighted by Gasteiger charge is 2.33. The number of carboxylic acid groups (broad SMARTS) is 1. The Labute approximate surface area is 103 Å². The molecule has 1 aliphatic carbocycles. The van der Waals surface area contributed by atoms with Crippen LogP contribution in [-0.2, 0) is 14.6 Å². The lowest BCUT2D eigenvalue weighted by atomic mass is 9.93. The van der Waals surface area contributed by atoms with Gasteiger partial charge in [-0.3, -0.25) is 9.69 Å². The Kier molecular flexibility index (Phi) is 4.55. The maximum atomic E-state index is 11.5. The molecule has 3 atom stereocenters. The van der Waals surface area contributed by atoms with E-state index in [9.17, 15) is 13.2 Å². The Morgan fingerprint density at radius 3 is 2.47 bits per heavy atom. The van der Waals surface area contributed by atoms with Crippen molar-refractivity contribution in [3.63, 3.8) is 0 Å². The summed E-state index contributed by atoms with van der Waals surface area (Å²) < 4.78 is 23.0. The summed E-state index contributed by atoms with van der Waals surface area (Å²) in [6.45, 7) is 1.63. The Balaban J connectivity index is 2.70. The van der Waals surface area contributed by atoms with Crippen molar-refractivity contribution in [1.82, 2.24) is 4.90 Å². The molecule has 5 nitrogen and oxygen atoms in total. The van der Waals surface area contributed by atoms with Crippen LogP contribution in [0.25, 0.3) is 0 Å². The quantitative estimate of drug-likeness (QED) is 0.810. The molecule has 1 rings (SSSR count). The van der Waals surface area contributed by atoms with Gasteiger partial charge >= 0.3 is 5.97 Å². The monoisotopic (exact) mass is 263 g/mol. The molecule has 17 heavy (non-hydrogen) atoms. The van der Waals surface area contributed by atoms with Crippen molar-refractivity contribution in [1.29, 1.82) is 0 Å². The zero-order valence-electron chi connectivity index (χ0n) is 10.6. The van der Waals surface area contributed by atoms with E-state index in [4.69, 9.17) is 5.11 Å². The zero-order valence-corrected chi connectivity index (χ0v) is 11.4. The molecular weight excluding hydrogens is 242 g/mol. The summed E-state index contributed by atoms with van der Waals surface area (Å²) in [5, 5.41) is 8.63. The van der Waals surface area contributed by atoms with E-state index in [1.165, 1.54) is 6.26 Å². The summed E-state index contributed by atoms with van der Waals surface area (Å²) in [6.07, 6.45) is 4.23. The average molecular weight is 263 g/mol. The van der Waals surface area contributed by atoms with Gasteiger partial charge in [-0.2, -0.15) is 0 Å². The topological polar surface area (TPSA) is 74.7 Å². The summed E-state index contributed by atoms with van der Waals surface area (Å²) in [5.41, 5.74) is 0. The standard InChI is InChI=1S/C11H21NO4S/c1-8(11(13)14)12(2)9-5-4-6-10(7-9)17(3,15)16/h8-10H,4-7H2,1-3H3,(H,13,14). The molecule has 0 spiro atoms. The number of sulfone groups is 1. The van der Waals surface area contributed by atoms with Crippen LogP contribution in [0, 0.1) is 0 Å². The van der Waals surface area contributed by atoms with Crippen LogP contribution >= 0.6 is 0 Å². The van der Waals surface area contributed by atoms with Gasteiger partial charge in [-0.25, -0.2) is 8.42 Å². The lowest BCUT2D eigenvalue weighted by molar-refractivity contribution is -0.143. The first-order chi connectivity index (χ1) is 7.73. The van der Waals surface area contributed by atoms with Crippen LogP contribution in [0.2, 0.25) is 0 Å². The molecule has 1 fully saturated rings. The fourth-order valence-corrected chi connectivity index (χ4v) is 3.54. The highest BCUT2D eigenvalue weighted by Crippen LogP contribution is 2.27. The number of hydrogen-bond acceptors (Lipinski definition) is 4. The van der Waals surface area contributed by atoms with Crippen LogP contribution in [0.4, 0.5) is 0 Å². The highest BCUT2D eigenvalue weighted by atomic mass is 32.2. The van der Waals surface area contributed by atoms with E-state index in [1.807, 2.05) is 0 Å². The highest BCUT2D eigenvalue weighted by molar-refractivity contribution is 7.91. The van der Waals surface area contributed by atoms with Crippen LogP contribution < -0.4 is 0 Å². The molecule has 1 aliphatic rings. The summed E-state index contributed by atoms with van der Waals surface area (Å²) in [7, 11) is -1.25. The Morgan fingerprint density at radius 2 is 2.00 bits per heavy atom. The molecule has 0 heterocycles. The van der Waals surface area contributed by atoms with Gasteiger partial charge in [0, 0.05) is 12.3 Å². The lowest BCUT2D eigenvalue weighted by Gasteiger charge is -2.36. The molecule has 0 amide bonds. The first-order valence-corrected chi connectivity index (χ1v) is 7.82. The van der Waals surface area contributed by atoms with Crippen molar-refractivity contribution in [2.24, 2.45) is 0 Å². The van der Waals surface area contributed by atoms with Gasteiger partial charge in [0.05, 0.1) is 5.25 Å². The predicted octanol–water partition coefficient (Wildman–Crippen LogP) is 0.747. The van der Waals surface area contributed by atoms with Crippen LogP contribution in [0.1, 0.15) is 32.6 Å². The first kappa shape index (κ1) is 14.4. The summed E-state index contributed by atoms with van der Waals surface area (Å²) in [5.74, 6) is -0.867. The van der Waals surface area contributed by atoms with Crippen molar-refractivity contribution in [2.75, 3.05) is 13.3 Å². The molecule has 0 aliphatic heterocycles. The first-order valence-electron chi connectivity index (χ1n) is 5.87. The maximum absolute atomic E-state index is 11.5. The Bertz CT molecular complexity index is 379. The van der Waals surface area contributed by atoms with Gasteiger partial charge in [0.1, 0.15) is 15.9 Å². The molecule has 6 heteroatoms. The molecule has 0 bridgehead atoms. The van der Waals surface area contributed by atoms with E-state index in [-0.39, 0.29) is 11.3 Å². The lowest BCUT2D eigenvalue weighted by Crippen LogP contribution is -2.46. The van der Waals surface area contributed by atoms with Gasteiger partial charge in [-0.1, -0.05) is 6.42 Å². The van der Waals surface area contributed by atoms with E-state index in [0.29, 0.717) is 12.8 Å². The van der Waals surface area contributed by atoms with Gasteiger partial charge in [-0.15, -0.1) is 0 Å². The molecule has 0 saturated heterocycles. The molecule has 0 aromatic carbocycles. The van der Waals surface area contributed by atoms with E-state index < -0.39 is 21.8 Å². The maximum Gasteiger partial charge on any atom is 0.320 e. The second-order valence-corrected chi connectivity index (χ2v) is 7.28. The Morgan fingerprint density at radius 1 is 1.41 bits per heavy atom. The van der Waals surface area contributed by atoms with E-state index in [0.717, 1.165) is 12.8 Å². The normalized spacial score (nSPS) is 28.0. The van der Waals surface area contributed by atoms with Crippen molar-refractivity contribution in [3.8, 4) is 0 Å². The van der Waals surface area contributed by atoms with Crippen molar-refractivity contribution < 1.29 is 18.3 Å². The zero-order chi connectivity index (χ0) is 13.2. The second kappa shape index (κ2) is 5.35. The molecule has 100 valence electrons. The number of carboxylic acids is 1. The molecule has 0 radical (unpaired) electrons. The van der Waals surface area contributed by atoms with Gasteiger partial charge < -0.3 is 5.11 Å². The smallest absolute Gasteiger partial charge is 0.320 e. The number of hydrogen-bond donors (Lipinski definition) is 1. The van der Waals surface area contributed by atoms with Gasteiger partial charge in [0.2, 0.25) is 0 Å². The third-order valence-corrected chi connectivity index (χ3v) is 5.39. The summed E-state index contributed by atoms with van der Waals surface area (Å²) in [6, 6.07) is -0.520. The van der Waals surface area contributed by atoms with Crippen LogP contribution in [-0.4, -0.2) is 55.0 Å². The minimum atomic E-state index is -3.01. The molecular formula is C11H21NO4S. The molecule has 1 saturated carbocycles. The van der Waals surface area contributed by atoms with Crippen molar-refractivity contribution in [2.45, 2.75) is 49.9 Å². The van der Waals surface area contributed by atoms with Crippen LogP contribution in [0.3, 0.4) is 0 Å². The van der Waals surface area contributed by atoms with E-state index >= 15 is 0 Å². The molecule has 3 unspecified atom stereocenters. The number of aliphatic carboxylic acids is 1. The van der Waals surface area contributed by atoms with Crippen LogP contribution in [0.5, 0.6) is 0 Å². The fraction of sp³-hybridized carbons (Fsp3) is 0.909. The average Bonchev–Trinajstić information content (AvgIpc) is 2.26. The SMILES string of the molecule is CC(C(=O)O)N(C)C1CCCC(S(C)(=O)=O)C1. The third-order valence-electron chi connectivity index (χ3n) is 3.75. The number of carbonyl (C=O) groups is 1. The van der Waals surface area contributed by atoms with Crippen LogP contribution in [0.15, 0.2) is 0 Å². The molecule has 0 aromatic rings. The summed E-state index contributed by atoms with van der Waals surface area (Å²) >= 11 is 0. The number of rotatable bonds is 4. The van der Waals surface area contributed by atoms with Gasteiger partial charge in [0.25, 0.3) is 0 Å². The predicted molar refractivity (Wildman–Crippen MR) is 65.7 cm³/mol. The van der Waals surface area contributed by atoms with E-state index in [2.05, 4.69) is 0 Å². The van der Waals surface area contributed by atoms with Gasteiger partial charge in [0.15, 0.2) is 0 Å². The number of likely N-dealkylation sites (N-methyl/N-ethyl adjacent to an activating group) is 1. The second-order valence-electron chi connectivity index (χ2n) is 4.95. The summed E-state index contributed by atoms with van der Waals surface area (Å²) in [4.78, 5) is 12.7. The van der Waals surface area contributed by atoms with E-state index in [1.54, 1.807) is 18.9 Å². The van der Waals surface area contributed by atoms with Crippen molar-refractivity contribution in [3.05, 3.63) is 0 Å². The molecule has 0 aromatic heterocycles. The largest absolute Gasteiger partial charge is 0.480 e.